The van der Waals surface area contributed by atoms with Crippen molar-refractivity contribution in [2.75, 3.05) is 16.8 Å². The summed E-state index contributed by atoms with van der Waals surface area (Å²) in [6.45, 7) is 12.2. The number of amides is 1. The Morgan fingerprint density at radius 1 is 1.21 bits per heavy atom. The molecule has 0 aliphatic carbocycles. The summed E-state index contributed by atoms with van der Waals surface area (Å²) in [7, 11) is 0. The van der Waals surface area contributed by atoms with Gasteiger partial charge in [-0.15, -0.1) is 0 Å². The van der Waals surface area contributed by atoms with Gasteiger partial charge in [0.05, 0.1) is 11.6 Å². The lowest BCUT2D eigenvalue weighted by molar-refractivity contribution is -0.117. The number of anilines is 2. The van der Waals surface area contributed by atoms with Crippen molar-refractivity contribution in [3.05, 3.63) is 58.1 Å². The van der Waals surface area contributed by atoms with Gasteiger partial charge in [-0.05, 0) is 72.2 Å². The minimum Gasteiger partial charge on any atom is -0.367 e. The van der Waals surface area contributed by atoms with Gasteiger partial charge in [0.15, 0.2) is 0 Å². The van der Waals surface area contributed by atoms with Gasteiger partial charge in [-0.2, -0.15) is 5.26 Å². The molecule has 0 bridgehead atoms. The molecule has 1 amide bonds. The van der Waals surface area contributed by atoms with E-state index >= 15 is 0 Å². The van der Waals surface area contributed by atoms with Crippen molar-refractivity contribution in [1.82, 2.24) is 0 Å². The van der Waals surface area contributed by atoms with Crippen molar-refractivity contribution in [3.63, 3.8) is 0 Å². The Hall–Kier alpha value is -2.80. The maximum absolute atomic E-state index is 12.4. The summed E-state index contributed by atoms with van der Waals surface area (Å²) in [5.74, 6) is 0.0775. The van der Waals surface area contributed by atoms with Crippen LogP contribution in [0, 0.1) is 30.6 Å². The quantitative estimate of drug-likeness (QED) is 0.811. The predicted octanol–water partition coefficient (Wildman–Crippen LogP) is 5.11. The van der Waals surface area contributed by atoms with Crippen LogP contribution in [0.25, 0.3) is 0 Å². The summed E-state index contributed by atoms with van der Waals surface area (Å²) >= 11 is 0. The third kappa shape index (κ3) is 4.36. The van der Waals surface area contributed by atoms with E-state index in [4.69, 9.17) is 5.26 Å². The second kappa shape index (κ2) is 7.67. The zero-order valence-corrected chi connectivity index (χ0v) is 17.5. The maximum atomic E-state index is 12.4. The number of nitrogens with one attached hydrogen (secondary N) is 1. The molecule has 2 aromatic carbocycles. The Bertz CT molecular complexity index is 930. The molecular formula is C24H29N3O. The third-order valence-corrected chi connectivity index (χ3v) is 5.31. The average molecular weight is 376 g/mol. The smallest absolute Gasteiger partial charge is 0.224 e. The Morgan fingerprint density at radius 3 is 2.50 bits per heavy atom. The van der Waals surface area contributed by atoms with Crippen LogP contribution in [0.5, 0.6) is 0 Å². The van der Waals surface area contributed by atoms with Gasteiger partial charge in [-0.25, -0.2) is 0 Å². The normalized spacial score (nSPS) is 13.6. The van der Waals surface area contributed by atoms with Crippen LogP contribution >= 0.6 is 0 Å². The van der Waals surface area contributed by atoms with E-state index < -0.39 is 0 Å². The molecule has 0 aromatic heterocycles. The summed E-state index contributed by atoms with van der Waals surface area (Å²) in [6, 6.07) is 12.2. The molecule has 0 spiro atoms. The molecule has 4 nitrogen and oxygen atoms in total. The number of benzene rings is 2. The van der Waals surface area contributed by atoms with E-state index in [-0.39, 0.29) is 11.3 Å². The molecule has 28 heavy (non-hydrogen) atoms. The van der Waals surface area contributed by atoms with Crippen LogP contribution < -0.4 is 10.2 Å². The van der Waals surface area contributed by atoms with Crippen molar-refractivity contribution in [1.29, 1.82) is 5.26 Å². The topological polar surface area (TPSA) is 56.1 Å². The highest BCUT2D eigenvalue weighted by Crippen LogP contribution is 2.33. The molecule has 0 atom stereocenters. The number of nitriles is 1. The van der Waals surface area contributed by atoms with Gasteiger partial charge in [0, 0.05) is 30.9 Å². The van der Waals surface area contributed by atoms with E-state index in [0.29, 0.717) is 12.0 Å². The lowest BCUT2D eigenvalue weighted by atomic mass is 9.90. The van der Waals surface area contributed by atoms with E-state index in [9.17, 15) is 4.79 Å². The molecule has 1 aliphatic rings. The van der Waals surface area contributed by atoms with E-state index in [1.54, 1.807) is 0 Å². The van der Waals surface area contributed by atoms with Crippen LogP contribution in [-0.4, -0.2) is 12.5 Å². The molecule has 4 heteroatoms. The third-order valence-electron chi connectivity index (χ3n) is 5.31. The van der Waals surface area contributed by atoms with Crippen LogP contribution in [-0.2, 0) is 17.8 Å². The first kappa shape index (κ1) is 19.9. The van der Waals surface area contributed by atoms with E-state index in [1.165, 1.54) is 16.7 Å². The fourth-order valence-electron chi connectivity index (χ4n) is 3.95. The molecule has 146 valence electrons. The van der Waals surface area contributed by atoms with Crippen molar-refractivity contribution in [2.24, 2.45) is 5.41 Å². The Morgan fingerprint density at radius 2 is 1.89 bits per heavy atom. The van der Waals surface area contributed by atoms with Crippen LogP contribution in [0.1, 0.15) is 55.0 Å². The van der Waals surface area contributed by atoms with Gasteiger partial charge < -0.3 is 10.2 Å². The van der Waals surface area contributed by atoms with Crippen LogP contribution in [0.3, 0.4) is 0 Å². The van der Waals surface area contributed by atoms with Crippen LogP contribution in [0.4, 0.5) is 11.4 Å². The summed E-state index contributed by atoms with van der Waals surface area (Å²) in [5.41, 5.74) is 7.74. The first-order valence-corrected chi connectivity index (χ1v) is 9.85. The van der Waals surface area contributed by atoms with E-state index in [2.05, 4.69) is 57.0 Å². The molecule has 0 saturated carbocycles. The van der Waals surface area contributed by atoms with E-state index in [0.717, 1.165) is 36.4 Å². The Kier molecular flexibility index (Phi) is 5.47. The second-order valence-corrected chi connectivity index (χ2v) is 8.95. The van der Waals surface area contributed by atoms with Crippen molar-refractivity contribution in [3.8, 4) is 6.07 Å². The molecule has 0 radical (unpaired) electrons. The Balaban J connectivity index is 1.82. The van der Waals surface area contributed by atoms with Crippen molar-refractivity contribution < 1.29 is 4.79 Å². The molecular weight excluding hydrogens is 346 g/mol. The van der Waals surface area contributed by atoms with Crippen LogP contribution in [0.15, 0.2) is 30.3 Å². The fraction of sp³-hybridized carbons (Fsp3) is 0.417. The number of rotatable bonds is 3. The van der Waals surface area contributed by atoms with Crippen molar-refractivity contribution in [2.45, 2.75) is 54.0 Å². The fourth-order valence-corrected chi connectivity index (χ4v) is 3.95. The number of hydrogen-bond acceptors (Lipinski definition) is 3. The number of carbonyl (C=O) groups is 1. The van der Waals surface area contributed by atoms with E-state index in [1.807, 2.05) is 24.3 Å². The van der Waals surface area contributed by atoms with Gasteiger partial charge >= 0.3 is 0 Å². The summed E-state index contributed by atoms with van der Waals surface area (Å²) in [5, 5.41) is 12.1. The lowest BCUT2D eigenvalue weighted by Gasteiger charge is -2.33. The zero-order valence-electron chi connectivity index (χ0n) is 17.5. The number of nitrogens with zero attached hydrogens (tertiary/aromatic N) is 2. The molecule has 3 rings (SSSR count). The molecule has 1 N–H and O–H groups in total. The zero-order chi connectivity index (χ0) is 20.5. The van der Waals surface area contributed by atoms with Gasteiger partial charge in [-0.1, -0.05) is 26.8 Å². The summed E-state index contributed by atoms with van der Waals surface area (Å²) in [4.78, 5) is 14.8. The number of fused-ring (bicyclic) bond motifs is 1. The molecule has 0 unspecified atom stereocenters. The number of hydrogen-bond donors (Lipinski definition) is 1. The average Bonchev–Trinajstić information content (AvgIpc) is 2.63. The van der Waals surface area contributed by atoms with Gasteiger partial charge in [0.25, 0.3) is 0 Å². The largest absolute Gasteiger partial charge is 0.367 e. The summed E-state index contributed by atoms with van der Waals surface area (Å²) in [6.07, 6.45) is 1.46. The molecule has 2 aromatic rings. The van der Waals surface area contributed by atoms with Gasteiger partial charge in [0.2, 0.25) is 5.91 Å². The first-order chi connectivity index (χ1) is 13.2. The van der Waals surface area contributed by atoms with Crippen molar-refractivity contribution >= 4 is 17.3 Å². The lowest BCUT2D eigenvalue weighted by Crippen LogP contribution is -2.31. The van der Waals surface area contributed by atoms with Gasteiger partial charge in [-0.3, -0.25) is 4.79 Å². The highest BCUT2D eigenvalue weighted by molar-refractivity contribution is 5.93. The minimum absolute atomic E-state index is 0.0261. The number of aryl methyl sites for hydroxylation is 1. The molecule has 0 fully saturated rings. The molecule has 1 aliphatic heterocycles. The van der Waals surface area contributed by atoms with Gasteiger partial charge in [0.1, 0.15) is 0 Å². The maximum Gasteiger partial charge on any atom is 0.224 e. The first-order valence-electron chi connectivity index (χ1n) is 9.85. The monoisotopic (exact) mass is 375 g/mol. The summed E-state index contributed by atoms with van der Waals surface area (Å²) < 4.78 is 0. The predicted molar refractivity (Wildman–Crippen MR) is 115 cm³/mol. The SMILES string of the molecule is Cc1cc2c(c(C)c1NC(=O)CC(C)(C)C)CCN(c1ccc(C#N)cc1)C2. The van der Waals surface area contributed by atoms with Crippen LogP contribution in [0.2, 0.25) is 0 Å². The number of carbonyl (C=O) groups excluding carboxylic acids is 1. The Labute approximate surface area is 168 Å². The molecule has 1 heterocycles. The minimum atomic E-state index is -0.0261. The standard InChI is InChI=1S/C24H29N3O/c1-16-12-19-15-27(20-8-6-18(14-25)7-9-20)11-10-21(19)17(2)23(16)26-22(28)13-24(3,4)5/h6-9,12H,10-11,13,15H2,1-5H3,(H,26,28). The second-order valence-electron chi connectivity index (χ2n) is 8.95. The highest BCUT2D eigenvalue weighted by Gasteiger charge is 2.23. The highest BCUT2D eigenvalue weighted by atomic mass is 16.1. The molecule has 0 saturated heterocycles.